The van der Waals surface area contributed by atoms with E-state index in [0.29, 0.717) is 6.04 Å². The van der Waals surface area contributed by atoms with Crippen LogP contribution in [0.2, 0.25) is 0 Å². The molecule has 0 spiro atoms. The fourth-order valence-electron chi connectivity index (χ4n) is 1.62. The summed E-state index contributed by atoms with van der Waals surface area (Å²) >= 11 is 5.37. The number of nitrogens with one attached hydrogen (secondary N) is 1. The molecular weight excluding hydrogens is 172 g/mol. The molecule has 1 aliphatic rings. The molecule has 12 heavy (non-hydrogen) atoms. The quantitative estimate of drug-likeness (QED) is 0.729. The molecule has 66 valence electrons. The van der Waals surface area contributed by atoms with Crippen LogP contribution in [0.5, 0.6) is 0 Å². The van der Waals surface area contributed by atoms with Gasteiger partial charge in [-0.3, -0.25) is 0 Å². The molecule has 1 N–H and O–H groups in total. The van der Waals surface area contributed by atoms with E-state index in [4.69, 9.17) is 16.9 Å². The van der Waals surface area contributed by atoms with E-state index < -0.39 is 0 Å². The van der Waals surface area contributed by atoms with Crippen molar-refractivity contribution in [2.24, 2.45) is 5.92 Å². The topological polar surface area (TPSA) is 35.8 Å². The number of hydrogen-bond donors (Lipinski definition) is 1. The van der Waals surface area contributed by atoms with Gasteiger partial charge in [-0.1, -0.05) is 24.1 Å². The third kappa shape index (κ3) is 2.51. The minimum absolute atomic E-state index is 0.203. The van der Waals surface area contributed by atoms with Gasteiger partial charge >= 0.3 is 0 Å². The first-order chi connectivity index (χ1) is 5.88. The molecule has 0 heterocycles. The molecular formula is C9H13ClN2. The second-order valence-electron chi connectivity index (χ2n) is 3.04. The molecule has 0 aliphatic heterocycles. The first kappa shape index (κ1) is 9.57. The number of hydrogen-bond acceptors (Lipinski definition) is 2. The van der Waals surface area contributed by atoms with Crippen LogP contribution < -0.4 is 5.32 Å². The van der Waals surface area contributed by atoms with Crippen LogP contribution in [0.15, 0.2) is 11.6 Å². The predicted octanol–water partition coefficient (Wildman–Crippen LogP) is 2.02. The summed E-state index contributed by atoms with van der Waals surface area (Å²) in [5, 5.41) is 12.0. The molecule has 0 aromatic rings. The summed E-state index contributed by atoms with van der Waals surface area (Å²) < 4.78 is 0. The van der Waals surface area contributed by atoms with E-state index in [0.717, 1.165) is 19.4 Å². The zero-order valence-corrected chi connectivity index (χ0v) is 7.72. The average Bonchev–Trinajstić information content (AvgIpc) is 2.52. The molecule has 1 aliphatic carbocycles. The van der Waals surface area contributed by atoms with Gasteiger partial charge in [0.1, 0.15) is 0 Å². The van der Waals surface area contributed by atoms with E-state index in [1.54, 1.807) is 0 Å². The van der Waals surface area contributed by atoms with Crippen molar-refractivity contribution < 1.29 is 0 Å². The smallest absolute Gasteiger partial charge is 0.0672 e. The molecule has 1 saturated carbocycles. The van der Waals surface area contributed by atoms with Gasteiger partial charge in [-0.05, 0) is 12.8 Å². The van der Waals surface area contributed by atoms with Gasteiger partial charge < -0.3 is 5.32 Å². The highest BCUT2D eigenvalue weighted by atomic mass is 35.5. The molecule has 2 atom stereocenters. The van der Waals surface area contributed by atoms with Gasteiger partial charge in [0, 0.05) is 18.1 Å². The maximum atomic E-state index is 8.76. The summed E-state index contributed by atoms with van der Waals surface area (Å²) in [5.41, 5.74) is 1.50. The molecule has 1 fully saturated rings. The van der Waals surface area contributed by atoms with E-state index in [9.17, 15) is 0 Å². The number of nitriles is 1. The third-order valence-corrected chi connectivity index (χ3v) is 2.45. The van der Waals surface area contributed by atoms with Crippen LogP contribution in [0.1, 0.15) is 19.3 Å². The fourth-order valence-corrected chi connectivity index (χ4v) is 1.71. The van der Waals surface area contributed by atoms with E-state index in [-0.39, 0.29) is 5.92 Å². The largest absolute Gasteiger partial charge is 0.309 e. The SMILES string of the molecule is N#CC1CCCC1NC/C=C/Cl. The van der Waals surface area contributed by atoms with Crippen molar-refractivity contribution in [3.63, 3.8) is 0 Å². The summed E-state index contributed by atoms with van der Waals surface area (Å²) in [5.74, 6) is 0.203. The third-order valence-electron chi connectivity index (χ3n) is 2.27. The Hall–Kier alpha value is -0.520. The van der Waals surface area contributed by atoms with Gasteiger partial charge in [0.25, 0.3) is 0 Å². The van der Waals surface area contributed by atoms with Gasteiger partial charge in [-0.25, -0.2) is 0 Å². The maximum absolute atomic E-state index is 8.76. The zero-order valence-electron chi connectivity index (χ0n) is 6.96. The van der Waals surface area contributed by atoms with Crippen LogP contribution in [0, 0.1) is 17.2 Å². The Kier molecular flexibility index (Phi) is 4.13. The lowest BCUT2D eigenvalue weighted by atomic mass is 10.1. The van der Waals surface area contributed by atoms with Crippen LogP contribution in [0.3, 0.4) is 0 Å². The molecule has 0 bridgehead atoms. The highest BCUT2D eigenvalue weighted by Crippen LogP contribution is 2.24. The summed E-state index contributed by atoms with van der Waals surface area (Å²) in [6.07, 6.45) is 5.18. The van der Waals surface area contributed by atoms with Gasteiger partial charge in [0.2, 0.25) is 0 Å². The van der Waals surface area contributed by atoms with Crippen molar-refractivity contribution in [2.75, 3.05) is 6.54 Å². The van der Waals surface area contributed by atoms with Crippen LogP contribution in [0.4, 0.5) is 0 Å². The van der Waals surface area contributed by atoms with Gasteiger partial charge in [0.05, 0.1) is 12.0 Å². The molecule has 0 saturated heterocycles. The first-order valence-electron chi connectivity index (χ1n) is 4.26. The normalized spacial score (nSPS) is 29.3. The first-order valence-corrected chi connectivity index (χ1v) is 4.70. The Morgan fingerprint density at radius 3 is 3.08 bits per heavy atom. The van der Waals surface area contributed by atoms with Crippen molar-refractivity contribution in [3.05, 3.63) is 11.6 Å². The van der Waals surface area contributed by atoms with E-state index in [1.807, 2.05) is 6.08 Å². The van der Waals surface area contributed by atoms with Crippen molar-refractivity contribution >= 4 is 11.6 Å². The fraction of sp³-hybridized carbons (Fsp3) is 0.667. The van der Waals surface area contributed by atoms with Gasteiger partial charge in [-0.15, -0.1) is 0 Å². The predicted molar refractivity (Wildman–Crippen MR) is 49.7 cm³/mol. The molecule has 0 aromatic heterocycles. The molecule has 2 unspecified atom stereocenters. The lowest BCUT2D eigenvalue weighted by Gasteiger charge is -2.13. The van der Waals surface area contributed by atoms with E-state index >= 15 is 0 Å². The molecule has 2 nitrogen and oxygen atoms in total. The Morgan fingerprint density at radius 1 is 1.58 bits per heavy atom. The lowest BCUT2D eigenvalue weighted by molar-refractivity contribution is 0.488. The van der Waals surface area contributed by atoms with Crippen LogP contribution in [-0.4, -0.2) is 12.6 Å². The number of rotatable bonds is 3. The maximum Gasteiger partial charge on any atom is 0.0672 e. The number of nitrogens with zero attached hydrogens (tertiary/aromatic N) is 1. The highest BCUT2D eigenvalue weighted by Gasteiger charge is 2.25. The number of halogens is 1. The highest BCUT2D eigenvalue weighted by molar-refractivity contribution is 6.25. The Morgan fingerprint density at radius 2 is 2.42 bits per heavy atom. The van der Waals surface area contributed by atoms with E-state index in [1.165, 1.54) is 12.0 Å². The molecule has 3 heteroatoms. The minimum Gasteiger partial charge on any atom is -0.309 e. The minimum atomic E-state index is 0.203. The molecule has 0 amide bonds. The molecule has 0 aromatic carbocycles. The van der Waals surface area contributed by atoms with Crippen molar-refractivity contribution in [1.29, 1.82) is 5.26 Å². The van der Waals surface area contributed by atoms with E-state index in [2.05, 4.69) is 11.4 Å². The molecule has 1 rings (SSSR count). The van der Waals surface area contributed by atoms with Crippen molar-refractivity contribution in [3.8, 4) is 6.07 Å². The Balaban J connectivity index is 2.27. The molecule has 0 radical (unpaired) electrons. The van der Waals surface area contributed by atoms with Gasteiger partial charge in [0.15, 0.2) is 0 Å². The van der Waals surface area contributed by atoms with Crippen LogP contribution in [-0.2, 0) is 0 Å². The standard InChI is InChI=1S/C9H13ClN2/c10-5-2-6-12-9-4-1-3-8(9)7-11/h2,5,8-9,12H,1,3-4,6H2/b5-2+. The van der Waals surface area contributed by atoms with Crippen molar-refractivity contribution in [2.45, 2.75) is 25.3 Å². The lowest BCUT2D eigenvalue weighted by Crippen LogP contribution is -2.31. The van der Waals surface area contributed by atoms with Crippen molar-refractivity contribution in [1.82, 2.24) is 5.32 Å². The summed E-state index contributed by atoms with van der Waals surface area (Å²) in [6.45, 7) is 0.770. The monoisotopic (exact) mass is 184 g/mol. The summed E-state index contributed by atoms with van der Waals surface area (Å²) in [6, 6.07) is 2.70. The summed E-state index contributed by atoms with van der Waals surface area (Å²) in [7, 11) is 0. The summed E-state index contributed by atoms with van der Waals surface area (Å²) in [4.78, 5) is 0. The average molecular weight is 185 g/mol. The Bertz CT molecular complexity index is 195. The zero-order chi connectivity index (χ0) is 8.81. The second kappa shape index (κ2) is 5.18. The van der Waals surface area contributed by atoms with Gasteiger partial charge in [-0.2, -0.15) is 5.26 Å². The van der Waals surface area contributed by atoms with Crippen LogP contribution in [0.25, 0.3) is 0 Å². The Labute approximate surface area is 78.2 Å². The second-order valence-corrected chi connectivity index (χ2v) is 3.29. The van der Waals surface area contributed by atoms with Crippen LogP contribution >= 0.6 is 11.6 Å².